The van der Waals surface area contributed by atoms with E-state index >= 15 is 0 Å². The van der Waals surface area contributed by atoms with Crippen molar-refractivity contribution in [3.05, 3.63) is 30.3 Å². The van der Waals surface area contributed by atoms with Crippen molar-refractivity contribution in [2.45, 2.75) is 32.1 Å². The van der Waals surface area contributed by atoms with E-state index in [0.29, 0.717) is 0 Å². The molecule has 1 aliphatic carbocycles. The summed E-state index contributed by atoms with van der Waals surface area (Å²) in [5.74, 6) is -1.38. The average molecular weight is 322 g/mol. The number of benzene rings is 1. The zero-order chi connectivity index (χ0) is 17.0. The SMILES string of the molecule is CC(C(C#N)C(N)=O)C1(C)CC1(C)Cl.CNc1ccccc1. The standard InChI is InChI=1S/C10H15ClN2O.C7H9N/c1-6(7(4-12)8(13)14)9(2)5-10(9,3)11;1-8-7-5-3-2-4-6-7/h6-7H,5H2,1-3H3,(H2,13,14);2-6,8H,1H3. The summed E-state index contributed by atoms with van der Waals surface area (Å²) in [6, 6.07) is 12.0. The third-order valence-corrected chi connectivity index (χ3v) is 5.34. The molecule has 4 atom stereocenters. The molecule has 0 saturated heterocycles. The second kappa shape index (κ2) is 7.02. The number of para-hydroxylation sites is 1. The van der Waals surface area contributed by atoms with E-state index in [1.807, 2.05) is 64.2 Å². The molecule has 0 radical (unpaired) electrons. The van der Waals surface area contributed by atoms with Crippen LogP contribution in [0.5, 0.6) is 0 Å². The number of hydrogen-bond donors (Lipinski definition) is 2. The van der Waals surface area contributed by atoms with Crippen molar-refractivity contribution in [2.24, 2.45) is 23.0 Å². The van der Waals surface area contributed by atoms with Crippen molar-refractivity contribution in [3.63, 3.8) is 0 Å². The Labute approximate surface area is 137 Å². The summed E-state index contributed by atoms with van der Waals surface area (Å²) in [7, 11) is 1.91. The van der Waals surface area contributed by atoms with E-state index in [4.69, 9.17) is 22.6 Å². The minimum Gasteiger partial charge on any atom is -0.388 e. The van der Waals surface area contributed by atoms with Gasteiger partial charge in [0.25, 0.3) is 0 Å². The van der Waals surface area contributed by atoms with Crippen molar-refractivity contribution in [1.29, 1.82) is 5.26 Å². The number of rotatable bonds is 4. The van der Waals surface area contributed by atoms with Crippen LogP contribution in [0.4, 0.5) is 5.69 Å². The number of halogens is 1. The Kier molecular flexibility index (Phi) is 5.85. The maximum absolute atomic E-state index is 11.0. The predicted molar refractivity (Wildman–Crippen MR) is 90.4 cm³/mol. The molecule has 4 nitrogen and oxygen atoms in total. The van der Waals surface area contributed by atoms with Gasteiger partial charge < -0.3 is 11.1 Å². The first kappa shape index (κ1) is 18.3. The van der Waals surface area contributed by atoms with Gasteiger partial charge in [-0.05, 0) is 36.8 Å². The van der Waals surface area contributed by atoms with E-state index in [-0.39, 0.29) is 16.2 Å². The van der Waals surface area contributed by atoms with Gasteiger partial charge in [-0.15, -0.1) is 11.6 Å². The zero-order valence-corrected chi connectivity index (χ0v) is 14.3. The molecule has 1 saturated carbocycles. The highest BCUT2D eigenvalue weighted by molar-refractivity contribution is 6.26. The molecule has 4 unspecified atom stereocenters. The van der Waals surface area contributed by atoms with E-state index < -0.39 is 11.8 Å². The molecule has 3 N–H and O–H groups in total. The number of nitriles is 1. The van der Waals surface area contributed by atoms with Gasteiger partial charge in [0, 0.05) is 17.6 Å². The zero-order valence-electron chi connectivity index (χ0n) is 13.6. The third-order valence-electron chi connectivity index (χ3n) is 4.78. The first-order valence-electron chi connectivity index (χ1n) is 7.30. The molecular weight excluding hydrogens is 298 g/mol. The highest BCUT2D eigenvalue weighted by Gasteiger charge is 2.64. The fourth-order valence-corrected chi connectivity index (χ4v) is 3.13. The normalized spacial score (nSPS) is 28.4. The highest BCUT2D eigenvalue weighted by atomic mass is 35.5. The summed E-state index contributed by atoms with van der Waals surface area (Å²) in [6.45, 7) is 5.80. The Morgan fingerprint density at radius 3 is 2.18 bits per heavy atom. The second-order valence-electron chi connectivity index (χ2n) is 6.21. The Bertz CT molecular complexity index is 553. The number of nitrogens with zero attached hydrogens (tertiary/aromatic N) is 1. The van der Waals surface area contributed by atoms with Crippen LogP contribution in [0.25, 0.3) is 0 Å². The Morgan fingerprint density at radius 1 is 1.41 bits per heavy atom. The Morgan fingerprint density at radius 2 is 1.91 bits per heavy atom. The van der Waals surface area contributed by atoms with Crippen molar-refractivity contribution >= 4 is 23.2 Å². The van der Waals surface area contributed by atoms with E-state index in [9.17, 15) is 4.79 Å². The summed E-state index contributed by atoms with van der Waals surface area (Å²) in [6.07, 6.45) is 0.828. The maximum Gasteiger partial charge on any atom is 0.235 e. The molecule has 1 aromatic rings. The van der Waals surface area contributed by atoms with Crippen LogP contribution in [-0.4, -0.2) is 17.8 Å². The number of primary amides is 1. The van der Waals surface area contributed by atoms with Crippen molar-refractivity contribution < 1.29 is 4.79 Å². The Hall–Kier alpha value is -1.73. The summed E-state index contributed by atoms with van der Waals surface area (Å²) in [4.78, 5) is 10.7. The molecule has 0 aliphatic heterocycles. The molecule has 2 rings (SSSR count). The van der Waals surface area contributed by atoms with Gasteiger partial charge in [-0.3, -0.25) is 4.79 Å². The van der Waals surface area contributed by atoms with Crippen molar-refractivity contribution in [1.82, 2.24) is 0 Å². The van der Waals surface area contributed by atoms with Crippen LogP contribution >= 0.6 is 11.6 Å². The number of amides is 1. The number of nitrogens with two attached hydrogens (primary N) is 1. The number of hydrogen-bond acceptors (Lipinski definition) is 3. The van der Waals surface area contributed by atoms with E-state index in [0.717, 1.165) is 12.1 Å². The highest BCUT2D eigenvalue weighted by Crippen LogP contribution is 2.65. The Balaban J connectivity index is 0.000000255. The van der Waals surface area contributed by atoms with Crippen LogP contribution in [-0.2, 0) is 4.79 Å². The van der Waals surface area contributed by atoms with Crippen LogP contribution in [0, 0.1) is 28.6 Å². The number of anilines is 1. The number of carbonyl (C=O) groups is 1. The first-order valence-corrected chi connectivity index (χ1v) is 7.68. The minimum atomic E-state index is -0.736. The van der Waals surface area contributed by atoms with Crippen LogP contribution in [0.1, 0.15) is 27.2 Å². The molecule has 120 valence electrons. The monoisotopic (exact) mass is 321 g/mol. The van der Waals surface area contributed by atoms with E-state index in [2.05, 4.69) is 5.32 Å². The number of nitrogens with one attached hydrogen (secondary N) is 1. The number of alkyl halides is 1. The van der Waals surface area contributed by atoms with Gasteiger partial charge in [0.05, 0.1) is 6.07 Å². The van der Waals surface area contributed by atoms with Gasteiger partial charge in [-0.1, -0.05) is 32.0 Å². The summed E-state index contributed by atoms with van der Waals surface area (Å²) >= 11 is 6.19. The molecule has 5 heteroatoms. The lowest BCUT2D eigenvalue weighted by Gasteiger charge is -2.24. The van der Waals surface area contributed by atoms with Gasteiger partial charge in [0.2, 0.25) is 5.91 Å². The van der Waals surface area contributed by atoms with Crippen LogP contribution < -0.4 is 11.1 Å². The molecule has 0 heterocycles. The second-order valence-corrected chi connectivity index (χ2v) is 7.04. The lowest BCUT2D eigenvalue weighted by Crippen LogP contribution is -2.33. The van der Waals surface area contributed by atoms with Gasteiger partial charge in [-0.25, -0.2) is 0 Å². The molecule has 0 spiro atoms. The minimum absolute atomic E-state index is 0.0903. The van der Waals surface area contributed by atoms with Crippen LogP contribution in [0.15, 0.2) is 30.3 Å². The van der Waals surface area contributed by atoms with Crippen molar-refractivity contribution in [3.8, 4) is 6.07 Å². The average Bonchev–Trinajstić information content (AvgIpc) is 3.01. The van der Waals surface area contributed by atoms with Crippen LogP contribution in [0.2, 0.25) is 0 Å². The van der Waals surface area contributed by atoms with E-state index in [1.165, 1.54) is 0 Å². The van der Waals surface area contributed by atoms with Gasteiger partial charge in [0.15, 0.2) is 0 Å². The van der Waals surface area contributed by atoms with Gasteiger partial charge in [-0.2, -0.15) is 5.26 Å². The molecule has 22 heavy (non-hydrogen) atoms. The third kappa shape index (κ3) is 3.92. The smallest absolute Gasteiger partial charge is 0.235 e. The molecule has 0 aromatic heterocycles. The predicted octanol–water partition coefficient (Wildman–Crippen LogP) is 3.38. The van der Waals surface area contributed by atoms with Gasteiger partial charge in [0.1, 0.15) is 5.92 Å². The lowest BCUT2D eigenvalue weighted by molar-refractivity contribution is -0.122. The van der Waals surface area contributed by atoms with Crippen molar-refractivity contribution in [2.75, 3.05) is 12.4 Å². The number of carbonyl (C=O) groups excluding carboxylic acids is 1. The topological polar surface area (TPSA) is 78.9 Å². The van der Waals surface area contributed by atoms with Gasteiger partial charge >= 0.3 is 0 Å². The molecule has 1 aliphatic rings. The molecule has 1 aromatic carbocycles. The van der Waals surface area contributed by atoms with E-state index in [1.54, 1.807) is 0 Å². The lowest BCUT2D eigenvalue weighted by atomic mass is 9.80. The summed E-state index contributed by atoms with van der Waals surface area (Å²) in [5, 5.41) is 11.9. The quantitative estimate of drug-likeness (QED) is 0.834. The fraction of sp³-hybridized carbons (Fsp3) is 0.529. The maximum atomic E-state index is 11.0. The molecule has 0 bridgehead atoms. The molecule has 1 amide bonds. The van der Waals surface area contributed by atoms with Crippen LogP contribution in [0.3, 0.4) is 0 Å². The summed E-state index contributed by atoms with van der Waals surface area (Å²) < 4.78 is 0. The molecule has 1 fully saturated rings. The summed E-state index contributed by atoms with van der Waals surface area (Å²) in [5.41, 5.74) is 6.17. The largest absolute Gasteiger partial charge is 0.388 e. The first-order chi connectivity index (χ1) is 10.2. The fourth-order valence-electron chi connectivity index (χ4n) is 2.68. The molecular formula is C17H24ClN3O.